The summed E-state index contributed by atoms with van der Waals surface area (Å²) in [5.74, 6) is 1.31. The minimum absolute atomic E-state index is 0.205. The Hall–Kier alpha value is -2.26. The fraction of sp³-hybridized carbons (Fsp3) is 0.214. The van der Waals surface area contributed by atoms with Crippen molar-refractivity contribution in [2.24, 2.45) is 0 Å². The maximum Gasteiger partial charge on any atom is 0.267 e. The number of hydrogen-bond donors (Lipinski definition) is 2. The van der Waals surface area contributed by atoms with Gasteiger partial charge in [-0.1, -0.05) is 6.92 Å². The monoisotopic (exact) mass is 346 g/mol. The number of aryl methyl sites for hydroxylation is 1. The van der Waals surface area contributed by atoms with E-state index >= 15 is 0 Å². The highest BCUT2D eigenvalue weighted by Gasteiger charge is 2.17. The number of aromatic nitrogens is 5. The van der Waals surface area contributed by atoms with Crippen molar-refractivity contribution in [1.82, 2.24) is 25.1 Å². The molecule has 0 fully saturated rings. The van der Waals surface area contributed by atoms with Crippen LogP contribution >= 0.6 is 23.1 Å². The van der Waals surface area contributed by atoms with Gasteiger partial charge in [-0.15, -0.1) is 23.1 Å². The lowest BCUT2D eigenvalue weighted by Crippen LogP contribution is -2.11. The van der Waals surface area contributed by atoms with E-state index in [0.29, 0.717) is 27.1 Å². The summed E-state index contributed by atoms with van der Waals surface area (Å²) in [6, 6.07) is 3.74. The highest BCUT2D eigenvalue weighted by Crippen LogP contribution is 2.26. The van der Waals surface area contributed by atoms with E-state index in [2.05, 4.69) is 37.4 Å². The molecule has 1 amide bonds. The number of rotatable bonds is 5. The first-order valence-electron chi connectivity index (χ1n) is 6.90. The van der Waals surface area contributed by atoms with Gasteiger partial charge in [0, 0.05) is 0 Å². The highest BCUT2D eigenvalue weighted by atomic mass is 32.2. The molecule has 7 nitrogen and oxygen atoms in total. The minimum Gasteiger partial charge on any atom is -0.320 e. The van der Waals surface area contributed by atoms with Gasteiger partial charge in [-0.05, 0) is 24.8 Å². The number of anilines is 1. The van der Waals surface area contributed by atoms with Crippen molar-refractivity contribution in [2.75, 3.05) is 11.1 Å². The third kappa shape index (κ3) is 3.57. The van der Waals surface area contributed by atoms with Crippen LogP contribution in [0.2, 0.25) is 0 Å². The average molecular weight is 346 g/mol. The van der Waals surface area contributed by atoms with Gasteiger partial charge in [-0.3, -0.25) is 9.89 Å². The molecular formula is C14H14N6OS2. The zero-order valence-electron chi connectivity index (χ0n) is 12.5. The second-order valence-electron chi connectivity index (χ2n) is 4.54. The van der Waals surface area contributed by atoms with Gasteiger partial charge in [0.25, 0.3) is 5.91 Å². The van der Waals surface area contributed by atoms with Crippen molar-refractivity contribution >= 4 is 34.7 Å². The predicted octanol–water partition coefficient (Wildman–Crippen LogP) is 3.00. The molecule has 9 heteroatoms. The number of amides is 1. The number of thioether (sulfide) groups is 1. The van der Waals surface area contributed by atoms with Crippen LogP contribution in [0.3, 0.4) is 0 Å². The second kappa shape index (κ2) is 6.88. The van der Waals surface area contributed by atoms with Gasteiger partial charge < -0.3 is 5.32 Å². The third-order valence-corrected chi connectivity index (χ3v) is 4.90. The number of hydrogen-bond acceptors (Lipinski definition) is 7. The maximum absolute atomic E-state index is 12.4. The molecular weight excluding hydrogens is 332 g/mol. The molecule has 0 saturated heterocycles. The van der Waals surface area contributed by atoms with E-state index in [9.17, 15) is 4.79 Å². The largest absolute Gasteiger partial charge is 0.320 e. The normalized spacial score (nSPS) is 10.7. The zero-order chi connectivity index (χ0) is 16.2. The fourth-order valence-electron chi connectivity index (χ4n) is 1.89. The predicted molar refractivity (Wildman–Crippen MR) is 90.8 cm³/mol. The van der Waals surface area contributed by atoms with E-state index < -0.39 is 0 Å². The van der Waals surface area contributed by atoms with Gasteiger partial charge in [0.15, 0.2) is 10.8 Å². The van der Waals surface area contributed by atoms with E-state index in [0.717, 1.165) is 10.8 Å². The molecule has 0 radical (unpaired) electrons. The third-order valence-electron chi connectivity index (χ3n) is 2.91. The first-order valence-corrected chi connectivity index (χ1v) is 8.71. The summed E-state index contributed by atoms with van der Waals surface area (Å²) in [6.07, 6.45) is 3.07. The molecule has 0 aliphatic carbocycles. The van der Waals surface area contributed by atoms with Crippen molar-refractivity contribution in [2.45, 2.75) is 18.9 Å². The van der Waals surface area contributed by atoms with Crippen LogP contribution in [0.15, 0.2) is 29.7 Å². The van der Waals surface area contributed by atoms with E-state index in [1.165, 1.54) is 17.7 Å². The first kappa shape index (κ1) is 15.6. The number of carbonyl (C=O) groups excluding carboxylic acids is 1. The molecule has 0 spiro atoms. The van der Waals surface area contributed by atoms with E-state index in [4.69, 9.17) is 0 Å². The number of H-pyrrole nitrogens is 1. The Kier molecular flexibility index (Phi) is 4.68. The Balaban J connectivity index is 1.75. The molecule has 3 rings (SSSR count). The summed E-state index contributed by atoms with van der Waals surface area (Å²) in [7, 11) is 0. The molecule has 2 N–H and O–H groups in total. The number of aromatic amines is 1. The van der Waals surface area contributed by atoms with Crippen LogP contribution in [0.5, 0.6) is 0 Å². The molecule has 0 aromatic carbocycles. The molecule has 3 aromatic rings. The Labute approximate surface area is 141 Å². The second-order valence-corrected chi connectivity index (χ2v) is 6.82. The maximum atomic E-state index is 12.4. The Morgan fingerprint density at radius 2 is 2.26 bits per heavy atom. The highest BCUT2D eigenvalue weighted by molar-refractivity contribution is 7.99. The van der Waals surface area contributed by atoms with E-state index in [-0.39, 0.29) is 5.91 Å². The zero-order valence-corrected chi connectivity index (χ0v) is 14.2. The molecule has 0 aliphatic rings. The van der Waals surface area contributed by atoms with Gasteiger partial charge in [0.2, 0.25) is 0 Å². The van der Waals surface area contributed by atoms with Crippen molar-refractivity contribution in [3.63, 3.8) is 0 Å². The molecule has 0 bridgehead atoms. The summed E-state index contributed by atoms with van der Waals surface area (Å²) < 4.78 is 0. The molecule has 3 heterocycles. The van der Waals surface area contributed by atoms with Gasteiger partial charge in [0.1, 0.15) is 11.2 Å². The standard InChI is InChI=1S/C14H14N6OS2/c1-3-22-10-5-4-9(6-15-10)19-13(21)11-8(2)18-14(23-11)12-16-7-17-20-12/h4-7H,3H2,1-2H3,(H,19,21)(H,16,17,20). The average Bonchev–Trinajstić information content (AvgIpc) is 3.18. The SMILES string of the molecule is CCSc1ccc(NC(=O)c2sc(-c3ncn[nH]3)nc2C)cn1. The lowest BCUT2D eigenvalue weighted by Gasteiger charge is -2.04. The van der Waals surface area contributed by atoms with Crippen LogP contribution in [-0.2, 0) is 0 Å². The molecule has 3 aromatic heterocycles. The number of nitrogens with zero attached hydrogens (tertiary/aromatic N) is 4. The summed E-state index contributed by atoms with van der Waals surface area (Å²) in [5.41, 5.74) is 1.31. The van der Waals surface area contributed by atoms with Crippen LogP contribution in [0.25, 0.3) is 10.8 Å². The number of nitrogens with one attached hydrogen (secondary N) is 2. The minimum atomic E-state index is -0.205. The smallest absolute Gasteiger partial charge is 0.267 e. The molecule has 0 aliphatic heterocycles. The lowest BCUT2D eigenvalue weighted by atomic mass is 10.3. The van der Waals surface area contributed by atoms with Crippen LogP contribution in [-0.4, -0.2) is 36.8 Å². The molecule has 23 heavy (non-hydrogen) atoms. The molecule has 0 atom stereocenters. The molecule has 0 saturated carbocycles. The van der Waals surface area contributed by atoms with Crippen LogP contribution < -0.4 is 5.32 Å². The van der Waals surface area contributed by atoms with E-state index in [1.807, 2.05) is 12.1 Å². The van der Waals surface area contributed by atoms with Crippen molar-refractivity contribution < 1.29 is 4.79 Å². The Morgan fingerprint density at radius 1 is 1.39 bits per heavy atom. The number of thiazole rings is 1. The summed E-state index contributed by atoms with van der Waals surface area (Å²) in [4.78, 5) is 25.7. The van der Waals surface area contributed by atoms with Crippen molar-refractivity contribution in [3.8, 4) is 10.8 Å². The van der Waals surface area contributed by atoms with Crippen molar-refractivity contribution in [3.05, 3.63) is 35.2 Å². The Bertz CT molecular complexity index is 797. The summed E-state index contributed by atoms with van der Waals surface area (Å²) >= 11 is 2.93. The van der Waals surface area contributed by atoms with Crippen LogP contribution in [0.1, 0.15) is 22.3 Å². The van der Waals surface area contributed by atoms with Gasteiger partial charge in [-0.25, -0.2) is 15.0 Å². The fourth-order valence-corrected chi connectivity index (χ4v) is 3.39. The van der Waals surface area contributed by atoms with Crippen molar-refractivity contribution in [1.29, 1.82) is 0 Å². The lowest BCUT2D eigenvalue weighted by molar-refractivity contribution is 0.103. The quantitative estimate of drug-likeness (QED) is 0.689. The summed E-state index contributed by atoms with van der Waals surface area (Å²) in [6.45, 7) is 3.87. The molecule has 0 unspecified atom stereocenters. The molecule has 118 valence electrons. The number of pyridine rings is 1. The topological polar surface area (TPSA) is 96.5 Å². The van der Waals surface area contributed by atoms with E-state index in [1.54, 1.807) is 24.9 Å². The van der Waals surface area contributed by atoms with Crippen LogP contribution in [0, 0.1) is 6.92 Å². The van der Waals surface area contributed by atoms with Gasteiger partial charge >= 0.3 is 0 Å². The first-order chi connectivity index (χ1) is 11.2. The summed E-state index contributed by atoms with van der Waals surface area (Å²) in [5, 5.41) is 11.0. The Morgan fingerprint density at radius 3 is 2.91 bits per heavy atom. The van der Waals surface area contributed by atoms with Crippen LogP contribution in [0.4, 0.5) is 5.69 Å². The van der Waals surface area contributed by atoms with Gasteiger partial charge in [-0.2, -0.15) is 5.10 Å². The number of carbonyl (C=O) groups is 1. The van der Waals surface area contributed by atoms with Gasteiger partial charge in [0.05, 0.1) is 22.6 Å².